The van der Waals surface area contributed by atoms with Gasteiger partial charge in [0.25, 0.3) is 0 Å². The number of hydrogen-bond donors (Lipinski definition) is 3. The van der Waals surface area contributed by atoms with E-state index in [-0.39, 0.29) is 0 Å². The van der Waals surface area contributed by atoms with Gasteiger partial charge in [0.1, 0.15) is 5.60 Å². The van der Waals surface area contributed by atoms with Crippen LogP contribution in [0.1, 0.15) is 31.4 Å². The van der Waals surface area contributed by atoms with Crippen molar-refractivity contribution in [1.29, 1.82) is 0 Å². The molecule has 3 rings (SSSR count). The number of hydrogen-bond acceptors (Lipinski definition) is 4. The molecule has 0 radical (unpaired) electrons. The molecular weight excluding hydrogens is 354 g/mol. The van der Waals surface area contributed by atoms with Crippen LogP contribution in [-0.4, -0.2) is 37.4 Å². The molecule has 6 nitrogen and oxygen atoms in total. The SMILES string of the molecule is CCNC(=NCc1ccc2c(c1)OCCCO2)NCC(C)(O)c1ccccc1. The first kappa shape index (κ1) is 20.0. The maximum absolute atomic E-state index is 10.8. The summed E-state index contributed by atoms with van der Waals surface area (Å²) in [5.74, 6) is 2.22. The number of nitrogens with zero attached hydrogens (tertiary/aromatic N) is 1. The fourth-order valence-electron chi connectivity index (χ4n) is 2.97. The average Bonchev–Trinajstić information content (AvgIpc) is 2.96. The Morgan fingerprint density at radius 2 is 1.82 bits per heavy atom. The third-order valence-corrected chi connectivity index (χ3v) is 4.57. The lowest BCUT2D eigenvalue weighted by molar-refractivity contribution is 0.0617. The van der Waals surface area contributed by atoms with E-state index in [2.05, 4.69) is 15.6 Å². The zero-order valence-corrected chi connectivity index (χ0v) is 16.6. The molecule has 1 aliphatic heterocycles. The largest absolute Gasteiger partial charge is 0.490 e. The molecule has 0 bridgehead atoms. The fraction of sp³-hybridized carbons (Fsp3) is 0.409. The predicted octanol–water partition coefficient (Wildman–Crippen LogP) is 2.81. The Labute approximate surface area is 166 Å². The monoisotopic (exact) mass is 383 g/mol. The van der Waals surface area contributed by atoms with Crippen LogP contribution in [0, 0.1) is 0 Å². The number of aliphatic hydroxyl groups is 1. The number of rotatable bonds is 6. The molecule has 150 valence electrons. The van der Waals surface area contributed by atoms with Crippen molar-refractivity contribution >= 4 is 5.96 Å². The summed E-state index contributed by atoms with van der Waals surface area (Å²) >= 11 is 0. The molecule has 0 saturated carbocycles. The van der Waals surface area contributed by atoms with Gasteiger partial charge in [-0.15, -0.1) is 0 Å². The van der Waals surface area contributed by atoms with Gasteiger partial charge in [0, 0.05) is 13.0 Å². The van der Waals surface area contributed by atoms with Crippen molar-refractivity contribution in [2.75, 3.05) is 26.3 Å². The summed E-state index contributed by atoms with van der Waals surface area (Å²) in [5, 5.41) is 17.2. The normalized spacial score (nSPS) is 16.0. The fourth-order valence-corrected chi connectivity index (χ4v) is 2.97. The van der Waals surface area contributed by atoms with Gasteiger partial charge < -0.3 is 25.2 Å². The van der Waals surface area contributed by atoms with Crippen molar-refractivity contribution in [2.24, 2.45) is 4.99 Å². The summed E-state index contributed by atoms with van der Waals surface area (Å²) in [6.45, 7) is 6.74. The first-order valence-electron chi connectivity index (χ1n) is 9.77. The second kappa shape index (κ2) is 9.46. The van der Waals surface area contributed by atoms with Crippen molar-refractivity contribution in [1.82, 2.24) is 10.6 Å². The summed E-state index contributed by atoms with van der Waals surface area (Å²) in [4.78, 5) is 4.64. The maximum atomic E-state index is 10.8. The van der Waals surface area contributed by atoms with Crippen molar-refractivity contribution in [2.45, 2.75) is 32.4 Å². The highest BCUT2D eigenvalue weighted by Crippen LogP contribution is 2.30. The molecule has 1 heterocycles. The van der Waals surface area contributed by atoms with Crippen LogP contribution in [0.5, 0.6) is 11.5 Å². The Kier molecular flexibility index (Phi) is 6.76. The molecule has 28 heavy (non-hydrogen) atoms. The Bertz CT molecular complexity index is 791. The molecule has 0 aromatic heterocycles. The van der Waals surface area contributed by atoms with Crippen molar-refractivity contribution in [3.05, 3.63) is 59.7 Å². The van der Waals surface area contributed by atoms with Crippen LogP contribution < -0.4 is 20.1 Å². The van der Waals surface area contributed by atoms with Gasteiger partial charge in [-0.05, 0) is 37.1 Å². The van der Waals surface area contributed by atoms with Gasteiger partial charge in [0.05, 0.1) is 26.3 Å². The third kappa shape index (κ3) is 5.39. The number of aliphatic imine (C=N–C) groups is 1. The average molecular weight is 383 g/mol. The van der Waals surface area contributed by atoms with Crippen molar-refractivity contribution < 1.29 is 14.6 Å². The van der Waals surface area contributed by atoms with Crippen LogP contribution in [0.2, 0.25) is 0 Å². The smallest absolute Gasteiger partial charge is 0.191 e. The van der Waals surface area contributed by atoms with E-state index in [0.29, 0.717) is 32.3 Å². The van der Waals surface area contributed by atoms with Crippen LogP contribution in [0.4, 0.5) is 0 Å². The standard InChI is InChI=1S/C22H29N3O3/c1-3-23-21(25-16-22(2,26)18-8-5-4-6-9-18)24-15-17-10-11-19-20(14-17)28-13-7-12-27-19/h4-6,8-11,14,26H,3,7,12-13,15-16H2,1-2H3,(H2,23,24,25). The molecule has 1 unspecified atom stereocenters. The quantitative estimate of drug-likeness (QED) is 0.528. The van der Waals surface area contributed by atoms with Crippen LogP contribution >= 0.6 is 0 Å². The minimum atomic E-state index is -0.993. The van der Waals surface area contributed by atoms with E-state index < -0.39 is 5.60 Å². The topological polar surface area (TPSA) is 75.1 Å². The lowest BCUT2D eigenvalue weighted by atomic mass is 9.96. The van der Waals surface area contributed by atoms with Crippen LogP contribution in [-0.2, 0) is 12.1 Å². The zero-order valence-electron chi connectivity index (χ0n) is 16.6. The molecule has 0 saturated heterocycles. The minimum absolute atomic E-state index is 0.351. The highest BCUT2D eigenvalue weighted by atomic mass is 16.5. The molecule has 1 aliphatic rings. The Balaban J connectivity index is 1.65. The minimum Gasteiger partial charge on any atom is -0.490 e. The molecule has 6 heteroatoms. The van der Waals surface area contributed by atoms with E-state index in [1.165, 1.54) is 0 Å². The number of benzene rings is 2. The number of ether oxygens (including phenoxy) is 2. The van der Waals surface area contributed by atoms with Crippen LogP contribution in [0.15, 0.2) is 53.5 Å². The van der Waals surface area contributed by atoms with Gasteiger partial charge in [0.15, 0.2) is 17.5 Å². The van der Waals surface area contributed by atoms with E-state index >= 15 is 0 Å². The molecule has 1 atom stereocenters. The molecule has 3 N–H and O–H groups in total. The summed E-state index contributed by atoms with van der Waals surface area (Å²) in [6.07, 6.45) is 0.887. The molecule has 0 spiro atoms. The van der Waals surface area contributed by atoms with E-state index in [0.717, 1.165) is 35.6 Å². The van der Waals surface area contributed by atoms with E-state index in [1.807, 2.05) is 55.5 Å². The summed E-state index contributed by atoms with van der Waals surface area (Å²) in [5.41, 5.74) is 0.907. The Morgan fingerprint density at radius 1 is 1.07 bits per heavy atom. The van der Waals surface area contributed by atoms with Crippen molar-refractivity contribution in [3.63, 3.8) is 0 Å². The van der Waals surface area contributed by atoms with Gasteiger partial charge in [-0.3, -0.25) is 0 Å². The molecule has 2 aromatic rings. The van der Waals surface area contributed by atoms with Crippen molar-refractivity contribution in [3.8, 4) is 11.5 Å². The second-order valence-corrected chi connectivity index (χ2v) is 7.02. The molecular formula is C22H29N3O3. The highest BCUT2D eigenvalue weighted by molar-refractivity contribution is 5.79. The van der Waals surface area contributed by atoms with Gasteiger partial charge in [-0.1, -0.05) is 36.4 Å². The van der Waals surface area contributed by atoms with Gasteiger partial charge in [0.2, 0.25) is 0 Å². The van der Waals surface area contributed by atoms with E-state index in [1.54, 1.807) is 6.92 Å². The predicted molar refractivity (Wildman–Crippen MR) is 111 cm³/mol. The summed E-state index contributed by atoms with van der Waals surface area (Å²) in [6, 6.07) is 15.5. The Hall–Kier alpha value is -2.73. The first-order valence-corrected chi connectivity index (χ1v) is 9.77. The van der Waals surface area contributed by atoms with E-state index in [4.69, 9.17) is 9.47 Å². The lowest BCUT2D eigenvalue weighted by Gasteiger charge is -2.25. The summed E-state index contributed by atoms with van der Waals surface area (Å²) in [7, 11) is 0. The van der Waals surface area contributed by atoms with Gasteiger partial charge in [-0.2, -0.15) is 0 Å². The van der Waals surface area contributed by atoms with Crippen LogP contribution in [0.3, 0.4) is 0 Å². The molecule has 2 aromatic carbocycles. The number of fused-ring (bicyclic) bond motifs is 1. The molecule has 0 amide bonds. The van der Waals surface area contributed by atoms with E-state index in [9.17, 15) is 5.11 Å². The van der Waals surface area contributed by atoms with Gasteiger partial charge in [-0.25, -0.2) is 4.99 Å². The maximum Gasteiger partial charge on any atom is 0.191 e. The molecule has 0 fully saturated rings. The highest BCUT2D eigenvalue weighted by Gasteiger charge is 2.23. The lowest BCUT2D eigenvalue weighted by Crippen LogP contribution is -2.44. The van der Waals surface area contributed by atoms with Gasteiger partial charge >= 0.3 is 0 Å². The summed E-state index contributed by atoms with van der Waals surface area (Å²) < 4.78 is 11.4. The van der Waals surface area contributed by atoms with Crippen LogP contribution in [0.25, 0.3) is 0 Å². The second-order valence-electron chi connectivity index (χ2n) is 7.02. The molecule has 0 aliphatic carbocycles. The first-order chi connectivity index (χ1) is 13.6. The number of guanidine groups is 1. The third-order valence-electron chi connectivity index (χ3n) is 4.57. The Morgan fingerprint density at radius 3 is 2.57 bits per heavy atom. The number of nitrogens with one attached hydrogen (secondary N) is 2. The zero-order chi connectivity index (χ0) is 19.8.